The zero-order chi connectivity index (χ0) is 14.3. The molecule has 1 saturated carbocycles. The molecule has 1 aliphatic rings. The molecule has 0 saturated heterocycles. The SMILES string of the molecule is OC1(Cc2nc(-c3cc4ccccc4o3)no2)CCCC1. The Balaban J connectivity index is 1.61. The van der Waals surface area contributed by atoms with Crippen LogP contribution in [0.15, 0.2) is 39.3 Å². The first-order valence-corrected chi connectivity index (χ1v) is 7.26. The Morgan fingerprint density at radius 2 is 2.00 bits per heavy atom. The summed E-state index contributed by atoms with van der Waals surface area (Å²) in [4.78, 5) is 4.35. The van der Waals surface area contributed by atoms with Gasteiger partial charge >= 0.3 is 0 Å². The highest BCUT2D eigenvalue weighted by Crippen LogP contribution is 2.33. The van der Waals surface area contributed by atoms with Crippen LogP contribution in [0.2, 0.25) is 0 Å². The predicted octanol–water partition coefficient (Wildman–Crippen LogP) is 3.33. The average molecular weight is 284 g/mol. The van der Waals surface area contributed by atoms with Crippen LogP contribution in [-0.2, 0) is 6.42 Å². The molecule has 1 N–H and O–H groups in total. The molecule has 0 bridgehead atoms. The minimum absolute atomic E-state index is 0.417. The van der Waals surface area contributed by atoms with Gasteiger partial charge in [-0.3, -0.25) is 0 Å². The number of nitrogens with zero attached hydrogens (tertiary/aromatic N) is 2. The van der Waals surface area contributed by atoms with Gasteiger partial charge in [0.15, 0.2) is 5.76 Å². The molecular weight excluding hydrogens is 268 g/mol. The third-order valence-electron chi connectivity index (χ3n) is 4.13. The summed E-state index contributed by atoms with van der Waals surface area (Å²) in [6, 6.07) is 9.66. The van der Waals surface area contributed by atoms with E-state index in [0.717, 1.165) is 36.7 Å². The van der Waals surface area contributed by atoms with Gasteiger partial charge in [0.05, 0.1) is 12.0 Å². The summed E-state index contributed by atoms with van der Waals surface area (Å²) in [6.45, 7) is 0. The van der Waals surface area contributed by atoms with E-state index >= 15 is 0 Å². The number of benzene rings is 1. The molecule has 3 aromatic rings. The zero-order valence-electron chi connectivity index (χ0n) is 11.6. The Morgan fingerprint density at radius 3 is 2.81 bits per heavy atom. The maximum absolute atomic E-state index is 10.4. The van der Waals surface area contributed by atoms with E-state index in [-0.39, 0.29) is 0 Å². The van der Waals surface area contributed by atoms with E-state index in [2.05, 4.69) is 10.1 Å². The van der Waals surface area contributed by atoms with Crippen molar-refractivity contribution in [1.29, 1.82) is 0 Å². The van der Waals surface area contributed by atoms with E-state index in [9.17, 15) is 5.11 Å². The first-order valence-electron chi connectivity index (χ1n) is 7.26. The van der Waals surface area contributed by atoms with Crippen LogP contribution in [-0.4, -0.2) is 20.8 Å². The van der Waals surface area contributed by atoms with Crippen LogP contribution >= 0.6 is 0 Å². The number of para-hydroxylation sites is 1. The van der Waals surface area contributed by atoms with Crippen LogP contribution in [0.25, 0.3) is 22.6 Å². The minimum Gasteiger partial charge on any atom is -0.453 e. The lowest BCUT2D eigenvalue weighted by atomic mass is 9.98. The van der Waals surface area contributed by atoms with E-state index < -0.39 is 5.60 Å². The molecule has 5 heteroatoms. The van der Waals surface area contributed by atoms with Crippen molar-refractivity contribution in [2.24, 2.45) is 0 Å². The van der Waals surface area contributed by atoms with Crippen LogP contribution < -0.4 is 0 Å². The lowest BCUT2D eigenvalue weighted by Crippen LogP contribution is -2.27. The third-order valence-corrected chi connectivity index (χ3v) is 4.13. The number of hydrogen-bond donors (Lipinski definition) is 1. The lowest BCUT2D eigenvalue weighted by molar-refractivity contribution is 0.0402. The average Bonchev–Trinajstić information content (AvgIpc) is 3.17. The Morgan fingerprint density at radius 1 is 1.19 bits per heavy atom. The smallest absolute Gasteiger partial charge is 0.238 e. The molecule has 0 radical (unpaired) electrons. The molecule has 1 aromatic carbocycles. The topological polar surface area (TPSA) is 72.3 Å². The fourth-order valence-electron chi connectivity index (χ4n) is 3.01. The van der Waals surface area contributed by atoms with Crippen molar-refractivity contribution in [2.45, 2.75) is 37.7 Å². The second-order valence-corrected chi connectivity index (χ2v) is 5.77. The second-order valence-electron chi connectivity index (χ2n) is 5.77. The van der Waals surface area contributed by atoms with Gasteiger partial charge in [0.2, 0.25) is 11.7 Å². The monoisotopic (exact) mass is 284 g/mol. The molecule has 5 nitrogen and oxygen atoms in total. The van der Waals surface area contributed by atoms with Crippen LogP contribution in [0, 0.1) is 0 Å². The van der Waals surface area contributed by atoms with Gasteiger partial charge in [-0.05, 0) is 25.0 Å². The van der Waals surface area contributed by atoms with Crippen LogP contribution in [0.5, 0.6) is 0 Å². The summed E-state index contributed by atoms with van der Waals surface area (Å²) in [5.41, 5.74) is 0.116. The summed E-state index contributed by atoms with van der Waals surface area (Å²) >= 11 is 0. The molecular formula is C16H16N2O3. The van der Waals surface area contributed by atoms with Crippen molar-refractivity contribution in [3.05, 3.63) is 36.2 Å². The first kappa shape index (κ1) is 12.6. The van der Waals surface area contributed by atoms with Crippen LogP contribution in [0.4, 0.5) is 0 Å². The fourth-order valence-corrected chi connectivity index (χ4v) is 3.01. The van der Waals surface area contributed by atoms with Crippen molar-refractivity contribution in [3.63, 3.8) is 0 Å². The van der Waals surface area contributed by atoms with E-state index in [1.807, 2.05) is 30.3 Å². The Labute approximate surface area is 121 Å². The van der Waals surface area contributed by atoms with Crippen molar-refractivity contribution >= 4 is 11.0 Å². The first-order chi connectivity index (χ1) is 10.2. The van der Waals surface area contributed by atoms with Crippen molar-refractivity contribution in [3.8, 4) is 11.6 Å². The van der Waals surface area contributed by atoms with E-state index in [1.54, 1.807) is 0 Å². The highest BCUT2D eigenvalue weighted by molar-refractivity contribution is 5.81. The molecule has 108 valence electrons. The number of fused-ring (bicyclic) bond motifs is 1. The number of furan rings is 1. The van der Waals surface area contributed by atoms with Gasteiger partial charge in [-0.2, -0.15) is 4.98 Å². The van der Waals surface area contributed by atoms with Gasteiger partial charge in [-0.1, -0.05) is 36.2 Å². The Bertz CT molecular complexity index is 736. The third kappa shape index (κ3) is 2.34. The molecule has 21 heavy (non-hydrogen) atoms. The van der Waals surface area contributed by atoms with Crippen LogP contribution in [0.1, 0.15) is 31.6 Å². The highest BCUT2D eigenvalue weighted by Gasteiger charge is 2.33. The summed E-state index contributed by atoms with van der Waals surface area (Å²) < 4.78 is 11.0. The van der Waals surface area contributed by atoms with Gasteiger partial charge in [-0.25, -0.2) is 0 Å². The van der Waals surface area contributed by atoms with E-state index in [4.69, 9.17) is 8.94 Å². The molecule has 1 fully saturated rings. The molecule has 2 heterocycles. The number of aromatic nitrogens is 2. The summed E-state index contributed by atoms with van der Waals surface area (Å²) in [6.07, 6.45) is 4.13. The Kier molecular flexibility index (Phi) is 2.82. The van der Waals surface area contributed by atoms with E-state index in [0.29, 0.717) is 23.9 Å². The van der Waals surface area contributed by atoms with Crippen molar-refractivity contribution < 1.29 is 14.0 Å². The lowest BCUT2D eigenvalue weighted by Gasteiger charge is -2.18. The second kappa shape index (κ2) is 4.70. The van der Waals surface area contributed by atoms with Crippen molar-refractivity contribution in [1.82, 2.24) is 10.1 Å². The maximum atomic E-state index is 10.4. The van der Waals surface area contributed by atoms with Gasteiger partial charge in [-0.15, -0.1) is 0 Å². The molecule has 4 rings (SSSR count). The molecule has 0 spiro atoms. The molecule has 0 amide bonds. The van der Waals surface area contributed by atoms with Crippen molar-refractivity contribution in [2.75, 3.05) is 0 Å². The fraction of sp³-hybridized carbons (Fsp3) is 0.375. The zero-order valence-corrected chi connectivity index (χ0v) is 11.6. The molecule has 1 aliphatic carbocycles. The summed E-state index contributed by atoms with van der Waals surface area (Å²) in [5, 5.41) is 15.4. The molecule has 0 aliphatic heterocycles. The van der Waals surface area contributed by atoms with Gasteiger partial charge in [0.1, 0.15) is 5.58 Å². The standard InChI is InChI=1S/C16H16N2O3/c19-16(7-3-4-8-16)10-14-17-15(18-21-14)13-9-11-5-1-2-6-12(11)20-13/h1-2,5-6,9,19H,3-4,7-8,10H2. The molecule has 2 aromatic heterocycles. The normalized spacial score (nSPS) is 17.6. The summed E-state index contributed by atoms with van der Waals surface area (Å²) in [7, 11) is 0. The van der Waals surface area contributed by atoms with Crippen LogP contribution in [0.3, 0.4) is 0 Å². The molecule has 0 unspecified atom stereocenters. The largest absolute Gasteiger partial charge is 0.453 e. The summed E-state index contributed by atoms with van der Waals surface area (Å²) in [5.74, 6) is 1.49. The quantitative estimate of drug-likeness (QED) is 0.798. The Hall–Kier alpha value is -2.14. The van der Waals surface area contributed by atoms with Gasteiger partial charge < -0.3 is 14.0 Å². The minimum atomic E-state index is -0.683. The predicted molar refractivity (Wildman–Crippen MR) is 76.6 cm³/mol. The van der Waals surface area contributed by atoms with Gasteiger partial charge in [0.25, 0.3) is 0 Å². The number of rotatable bonds is 3. The maximum Gasteiger partial charge on any atom is 0.238 e. The number of aliphatic hydroxyl groups is 1. The number of hydrogen-bond acceptors (Lipinski definition) is 5. The highest BCUT2D eigenvalue weighted by atomic mass is 16.5. The molecule has 0 atom stereocenters. The van der Waals surface area contributed by atoms with E-state index in [1.165, 1.54) is 0 Å². The van der Waals surface area contributed by atoms with Gasteiger partial charge in [0, 0.05) is 5.39 Å².